The van der Waals surface area contributed by atoms with Crippen LogP contribution in [0.5, 0.6) is 23.0 Å². The minimum absolute atomic E-state index is 0.137. The number of nitrogens with zero attached hydrogens (tertiary/aromatic N) is 1. The van der Waals surface area contributed by atoms with Crippen molar-refractivity contribution in [3.63, 3.8) is 0 Å². The highest BCUT2D eigenvalue weighted by Gasteiger charge is 2.56. The average Bonchev–Trinajstić information content (AvgIpc) is 3.23. The van der Waals surface area contributed by atoms with Gasteiger partial charge in [0.25, 0.3) is 0 Å². The number of ketones is 2. The lowest BCUT2D eigenvalue weighted by molar-refractivity contribution is -0.140. The van der Waals surface area contributed by atoms with Crippen LogP contribution < -0.4 is 9.47 Å². The number of ether oxygens (including phenoxy) is 2. The molecule has 216 valence electrons. The van der Waals surface area contributed by atoms with E-state index in [1.54, 1.807) is 37.3 Å². The normalized spacial score (nSPS) is 25.1. The Morgan fingerprint density at radius 3 is 2.38 bits per heavy atom. The zero-order valence-electron chi connectivity index (χ0n) is 23.5. The molecule has 0 saturated carbocycles. The number of methoxy groups -OCH3 is 2. The summed E-state index contributed by atoms with van der Waals surface area (Å²) in [6.45, 7) is 1.79. The number of carbonyl (C=O) groups excluding carboxylic acids is 4. The van der Waals surface area contributed by atoms with Crippen molar-refractivity contribution in [1.82, 2.24) is 4.90 Å². The summed E-state index contributed by atoms with van der Waals surface area (Å²) >= 11 is 0. The summed E-state index contributed by atoms with van der Waals surface area (Å²) in [7, 11) is 2.91. The zero-order valence-corrected chi connectivity index (χ0v) is 23.5. The lowest BCUT2D eigenvalue weighted by atomic mass is 9.59. The first-order valence-electron chi connectivity index (χ1n) is 13.9. The molecule has 4 unspecified atom stereocenters. The van der Waals surface area contributed by atoms with Crippen LogP contribution in [0.25, 0.3) is 0 Å². The number of allylic oxidation sites excluding steroid dienone is 6. The average molecular weight is 570 g/mol. The molecule has 0 radical (unpaired) electrons. The van der Waals surface area contributed by atoms with Crippen molar-refractivity contribution in [3.05, 3.63) is 82.0 Å². The van der Waals surface area contributed by atoms with E-state index < -0.39 is 23.7 Å². The Balaban J connectivity index is 1.42. The second-order valence-electron chi connectivity index (χ2n) is 11.2. The molecular weight excluding hydrogens is 538 g/mol. The van der Waals surface area contributed by atoms with E-state index in [0.29, 0.717) is 35.3 Å². The molecule has 1 aliphatic heterocycles. The van der Waals surface area contributed by atoms with Crippen LogP contribution in [-0.4, -0.2) is 59.3 Å². The summed E-state index contributed by atoms with van der Waals surface area (Å²) in [5.41, 5.74) is 2.81. The molecule has 42 heavy (non-hydrogen) atoms. The molecular formula is C33H31NO8. The van der Waals surface area contributed by atoms with Gasteiger partial charge in [-0.1, -0.05) is 23.8 Å². The molecule has 1 heterocycles. The third-order valence-corrected chi connectivity index (χ3v) is 9.05. The highest BCUT2D eigenvalue weighted by molar-refractivity contribution is 6.24. The van der Waals surface area contributed by atoms with Crippen LogP contribution in [0.3, 0.4) is 0 Å². The molecule has 6 rings (SSSR count). The zero-order chi connectivity index (χ0) is 29.9. The van der Waals surface area contributed by atoms with Gasteiger partial charge in [-0.2, -0.15) is 0 Å². The molecule has 9 nitrogen and oxygen atoms in total. The van der Waals surface area contributed by atoms with Gasteiger partial charge in [0.1, 0.15) is 23.0 Å². The highest BCUT2D eigenvalue weighted by atomic mass is 16.5. The van der Waals surface area contributed by atoms with Gasteiger partial charge in [0.05, 0.1) is 26.1 Å². The van der Waals surface area contributed by atoms with Crippen LogP contribution in [0.1, 0.15) is 36.8 Å². The second kappa shape index (κ2) is 10.3. The Morgan fingerprint density at radius 1 is 0.952 bits per heavy atom. The van der Waals surface area contributed by atoms with Crippen LogP contribution in [0.2, 0.25) is 0 Å². The van der Waals surface area contributed by atoms with Crippen molar-refractivity contribution in [3.8, 4) is 23.0 Å². The number of Topliss-reactive ketones (excluding diaryl/α,β-unsaturated/α-hetero) is 1. The molecule has 2 N–H and O–H groups in total. The van der Waals surface area contributed by atoms with E-state index in [1.807, 2.05) is 6.08 Å². The SMILES string of the molecule is COc1cc(O)c(C2C3=CCC4C(=O)N(CCc5ccc(O)cc5)C(=O)C4C3CC3=C2C(=O)C(C)=CC3=O)c(OC)c1. The largest absolute Gasteiger partial charge is 0.508 e. The first-order valence-corrected chi connectivity index (χ1v) is 13.9. The number of fused-ring (bicyclic) bond motifs is 3. The minimum Gasteiger partial charge on any atom is -0.508 e. The molecule has 3 aliphatic carbocycles. The van der Waals surface area contributed by atoms with Gasteiger partial charge < -0.3 is 19.7 Å². The lowest BCUT2D eigenvalue weighted by Crippen LogP contribution is -2.40. The van der Waals surface area contributed by atoms with Crippen LogP contribution >= 0.6 is 0 Å². The number of phenolic OH excluding ortho intramolecular Hbond substituents is 2. The Morgan fingerprint density at radius 2 is 1.69 bits per heavy atom. The van der Waals surface area contributed by atoms with E-state index in [9.17, 15) is 29.4 Å². The number of rotatable bonds is 6. The second-order valence-corrected chi connectivity index (χ2v) is 11.2. The smallest absolute Gasteiger partial charge is 0.233 e. The van der Waals surface area contributed by atoms with Crippen LogP contribution in [0.15, 0.2) is 70.8 Å². The van der Waals surface area contributed by atoms with Gasteiger partial charge in [-0.25, -0.2) is 0 Å². The third kappa shape index (κ3) is 4.22. The lowest BCUT2D eigenvalue weighted by Gasteiger charge is -2.42. The Hall–Kier alpha value is -4.66. The number of phenols is 2. The fourth-order valence-corrected chi connectivity index (χ4v) is 7.05. The van der Waals surface area contributed by atoms with E-state index in [-0.39, 0.29) is 59.2 Å². The molecule has 2 amide bonds. The molecule has 1 saturated heterocycles. The summed E-state index contributed by atoms with van der Waals surface area (Å²) in [6, 6.07) is 9.67. The number of hydrogen-bond acceptors (Lipinski definition) is 8. The first kappa shape index (κ1) is 27.5. The van der Waals surface area contributed by atoms with Crippen molar-refractivity contribution in [2.75, 3.05) is 20.8 Å². The number of carbonyl (C=O) groups is 4. The Kier molecular flexibility index (Phi) is 6.75. The minimum atomic E-state index is -0.838. The topological polar surface area (TPSA) is 130 Å². The van der Waals surface area contributed by atoms with E-state index in [4.69, 9.17) is 9.47 Å². The van der Waals surface area contributed by atoms with Gasteiger partial charge in [0.2, 0.25) is 11.8 Å². The summed E-state index contributed by atoms with van der Waals surface area (Å²) < 4.78 is 11.0. The fourth-order valence-electron chi connectivity index (χ4n) is 7.05. The molecule has 2 aromatic carbocycles. The van der Waals surface area contributed by atoms with Gasteiger partial charge in [-0.15, -0.1) is 0 Å². The number of likely N-dealkylation sites (tertiary alicyclic amines) is 1. The molecule has 9 heteroatoms. The number of hydrogen-bond donors (Lipinski definition) is 2. The predicted molar refractivity (Wildman–Crippen MR) is 151 cm³/mol. The molecule has 0 aromatic heterocycles. The first-order chi connectivity index (χ1) is 20.1. The summed E-state index contributed by atoms with van der Waals surface area (Å²) in [5, 5.41) is 20.8. The predicted octanol–water partition coefficient (Wildman–Crippen LogP) is 3.79. The van der Waals surface area contributed by atoms with Crippen molar-refractivity contribution in [2.24, 2.45) is 17.8 Å². The number of benzene rings is 2. The van der Waals surface area contributed by atoms with E-state index >= 15 is 0 Å². The number of aromatic hydroxyl groups is 2. The van der Waals surface area contributed by atoms with E-state index in [0.717, 1.165) is 11.1 Å². The molecule has 1 fully saturated rings. The monoisotopic (exact) mass is 569 g/mol. The van der Waals surface area contributed by atoms with Crippen molar-refractivity contribution < 1.29 is 38.9 Å². The molecule has 4 aliphatic rings. The number of amides is 2. The van der Waals surface area contributed by atoms with Crippen LogP contribution in [0, 0.1) is 17.8 Å². The van der Waals surface area contributed by atoms with Gasteiger partial charge in [-0.05, 0) is 55.9 Å². The fraction of sp³-hybridized carbons (Fsp3) is 0.333. The summed E-state index contributed by atoms with van der Waals surface area (Å²) in [6.07, 6.45) is 4.12. The molecule has 2 aromatic rings. The van der Waals surface area contributed by atoms with Gasteiger partial charge in [0, 0.05) is 46.9 Å². The Bertz CT molecular complexity index is 1630. The number of imide groups is 1. The molecule has 4 atom stereocenters. The van der Waals surface area contributed by atoms with Gasteiger partial charge in [-0.3, -0.25) is 24.1 Å². The Labute approximate surface area is 242 Å². The van der Waals surface area contributed by atoms with Crippen LogP contribution in [-0.2, 0) is 25.6 Å². The maximum atomic E-state index is 13.9. The van der Waals surface area contributed by atoms with Crippen LogP contribution in [0.4, 0.5) is 0 Å². The summed E-state index contributed by atoms with van der Waals surface area (Å²) in [5.74, 6) is -3.16. The standard InChI is InChI=1S/C33H31NO8/c1-16-12-24(36)23-15-22-20(28(29(23)31(16)38)30-25(37)13-19(41-2)14-26(30)42-3)8-9-21-27(22)33(40)34(32(21)39)11-10-17-4-6-18(35)7-5-17/h4-8,12-14,21-22,27-28,35,37H,9-11,15H2,1-3H3. The third-order valence-electron chi connectivity index (χ3n) is 9.05. The highest BCUT2D eigenvalue weighted by Crippen LogP contribution is 2.57. The maximum absolute atomic E-state index is 13.9. The maximum Gasteiger partial charge on any atom is 0.233 e. The van der Waals surface area contributed by atoms with Crippen molar-refractivity contribution in [2.45, 2.75) is 32.1 Å². The van der Waals surface area contributed by atoms with E-state index in [1.165, 1.54) is 31.3 Å². The quantitative estimate of drug-likeness (QED) is 0.305. The van der Waals surface area contributed by atoms with E-state index in [2.05, 4.69) is 0 Å². The molecule has 0 bridgehead atoms. The summed E-state index contributed by atoms with van der Waals surface area (Å²) in [4.78, 5) is 55.8. The van der Waals surface area contributed by atoms with Gasteiger partial charge in [0.15, 0.2) is 11.6 Å². The van der Waals surface area contributed by atoms with Gasteiger partial charge >= 0.3 is 0 Å². The van der Waals surface area contributed by atoms with Crippen molar-refractivity contribution in [1.29, 1.82) is 0 Å². The van der Waals surface area contributed by atoms with Crippen molar-refractivity contribution >= 4 is 23.4 Å². The molecule has 0 spiro atoms.